The van der Waals surface area contributed by atoms with Gasteiger partial charge in [-0.3, -0.25) is 4.98 Å². The van der Waals surface area contributed by atoms with Gasteiger partial charge < -0.3 is 14.8 Å². The number of rotatable bonds is 4. The highest BCUT2D eigenvalue weighted by Crippen LogP contribution is 2.43. The lowest BCUT2D eigenvalue weighted by atomic mass is 9.94. The van der Waals surface area contributed by atoms with Crippen molar-refractivity contribution < 1.29 is 0 Å². The van der Waals surface area contributed by atoms with Crippen molar-refractivity contribution in [3.8, 4) is 0 Å². The molecule has 31 heavy (non-hydrogen) atoms. The maximum atomic E-state index is 5.91. The lowest BCUT2D eigenvalue weighted by molar-refractivity contribution is 0.340. The fourth-order valence-corrected chi connectivity index (χ4v) is 5.72. The van der Waals surface area contributed by atoms with E-state index in [2.05, 4.69) is 77.3 Å². The standard InChI is InChI=1S/C26H30N4S/c1-18-15-19(2)17-21(16-18)30-25(24(28-26(30)31)22-11-6-7-13-27-22)23-12-8-14-29(23)20-9-4-3-5-10-20/h6-8,11-17,20,24-25H,3-5,9-10H2,1-2H3,(H,28,31)/t24-,25+/m1/s1. The van der Waals surface area contributed by atoms with Gasteiger partial charge in [0, 0.05) is 29.8 Å². The summed E-state index contributed by atoms with van der Waals surface area (Å²) in [6, 6.07) is 17.9. The molecule has 0 unspecified atom stereocenters. The van der Waals surface area contributed by atoms with E-state index in [1.807, 2.05) is 12.3 Å². The van der Waals surface area contributed by atoms with E-state index in [0.29, 0.717) is 6.04 Å². The van der Waals surface area contributed by atoms with Gasteiger partial charge in [-0.05, 0) is 86.4 Å². The maximum Gasteiger partial charge on any atom is 0.174 e. The average molecular weight is 431 g/mol. The van der Waals surface area contributed by atoms with Gasteiger partial charge in [0.15, 0.2) is 5.11 Å². The molecule has 160 valence electrons. The first kappa shape index (κ1) is 20.3. The van der Waals surface area contributed by atoms with E-state index in [1.54, 1.807) is 0 Å². The summed E-state index contributed by atoms with van der Waals surface area (Å²) in [5, 5.41) is 4.37. The Morgan fingerprint density at radius 1 is 0.968 bits per heavy atom. The molecule has 0 amide bonds. The van der Waals surface area contributed by atoms with Gasteiger partial charge in [0.25, 0.3) is 0 Å². The van der Waals surface area contributed by atoms with Crippen LogP contribution in [0.1, 0.15) is 72.7 Å². The maximum absolute atomic E-state index is 5.91. The summed E-state index contributed by atoms with van der Waals surface area (Å²) < 4.78 is 2.52. The SMILES string of the molecule is Cc1cc(C)cc(N2C(=S)N[C@H](c3ccccn3)[C@@H]2c2cccn2C2CCCCC2)c1. The lowest BCUT2D eigenvalue weighted by Crippen LogP contribution is -2.31. The molecule has 1 saturated heterocycles. The van der Waals surface area contributed by atoms with Crippen LogP contribution in [0.15, 0.2) is 60.9 Å². The van der Waals surface area contributed by atoms with Crippen molar-refractivity contribution in [2.45, 2.75) is 64.1 Å². The quantitative estimate of drug-likeness (QED) is 0.501. The largest absolute Gasteiger partial charge is 0.351 e. The third kappa shape index (κ3) is 3.87. The van der Waals surface area contributed by atoms with E-state index in [4.69, 9.17) is 17.2 Å². The molecule has 0 spiro atoms. The van der Waals surface area contributed by atoms with Crippen LogP contribution in [0.25, 0.3) is 0 Å². The van der Waals surface area contributed by atoms with Crippen molar-refractivity contribution in [1.29, 1.82) is 0 Å². The zero-order valence-corrected chi connectivity index (χ0v) is 19.1. The van der Waals surface area contributed by atoms with Gasteiger partial charge in [-0.2, -0.15) is 0 Å². The van der Waals surface area contributed by atoms with E-state index in [9.17, 15) is 0 Å². The number of hydrogen-bond donors (Lipinski definition) is 1. The minimum absolute atomic E-state index is 0.00626. The van der Waals surface area contributed by atoms with Crippen molar-refractivity contribution in [2.75, 3.05) is 4.90 Å². The second-order valence-corrected chi connectivity index (χ2v) is 9.36. The van der Waals surface area contributed by atoms with Crippen LogP contribution in [0.5, 0.6) is 0 Å². The summed E-state index contributed by atoms with van der Waals surface area (Å²) in [6.45, 7) is 4.30. The Balaban J connectivity index is 1.63. The van der Waals surface area contributed by atoms with Crippen LogP contribution in [0.4, 0.5) is 5.69 Å². The topological polar surface area (TPSA) is 33.1 Å². The molecule has 2 aliphatic rings. The summed E-state index contributed by atoms with van der Waals surface area (Å²) in [7, 11) is 0. The number of nitrogens with one attached hydrogen (secondary N) is 1. The molecular formula is C26H30N4S. The summed E-state index contributed by atoms with van der Waals surface area (Å²) in [5.41, 5.74) is 5.99. The third-order valence-corrected chi connectivity index (χ3v) is 6.98. The molecule has 1 aliphatic carbocycles. The van der Waals surface area contributed by atoms with Gasteiger partial charge in [0.05, 0.1) is 11.7 Å². The molecule has 1 N–H and O–H groups in total. The predicted molar refractivity (Wildman–Crippen MR) is 130 cm³/mol. The number of pyridine rings is 1. The second kappa shape index (κ2) is 8.46. The van der Waals surface area contributed by atoms with Gasteiger partial charge in [-0.25, -0.2) is 0 Å². The van der Waals surface area contributed by atoms with E-state index in [1.165, 1.54) is 48.9 Å². The van der Waals surface area contributed by atoms with Crippen LogP contribution in [-0.4, -0.2) is 14.7 Å². The Hall–Kier alpha value is -2.66. The van der Waals surface area contributed by atoms with Crippen LogP contribution >= 0.6 is 12.2 Å². The number of aromatic nitrogens is 2. The molecule has 1 aliphatic heterocycles. The fraction of sp³-hybridized carbons (Fsp3) is 0.385. The molecule has 2 atom stereocenters. The number of nitrogens with zero attached hydrogens (tertiary/aromatic N) is 3. The summed E-state index contributed by atoms with van der Waals surface area (Å²) in [5.74, 6) is 0. The van der Waals surface area contributed by atoms with Crippen molar-refractivity contribution in [1.82, 2.24) is 14.9 Å². The number of hydrogen-bond acceptors (Lipinski definition) is 2. The minimum Gasteiger partial charge on any atom is -0.351 e. The molecule has 5 rings (SSSR count). The Morgan fingerprint density at radius 2 is 1.74 bits per heavy atom. The Morgan fingerprint density at radius 3 is 2.45 bits per heavy atom. The van der Waals surface area contributed by atoms with Crippen molar-refractivity contribution in [2.24, 2.45) is 0 Å². The van der Waals surface area contributed by atoms with E-state index in [0.717, 1.165) is 16.5 Å². The van der Waals surface area contributed by atoms with Crippen LogP contribution in [0.2, 0.25) is 0 Å². The van der Waals surface area contributed by atoms with Crippen LogP contribution < -0.4 is 10.2 Å². The van der Waals surface area contributed by atoms with Gasteiger partial charge in [-0.1, -0.05) is 31.4 Å². The summed E-state index contributed by atoms with van der Waals surface area (Å²) >= 11 is 5.91. The molecule has 3 aromatic rings. The summed E-state index contributed by atoms with van der Waals surface area (Å²) in [4.78, 5) is 7.01. The zero-order valence-electron chi connectivity index (χ0n) is 18.3. The van der Waals surface area contributed by atoms with Crippen molar-refractivity contribution in [3.63, 3.8) is 0 Å². The first-order chi connectivity index (χ1) is 15.1. The van der Waals surface area contributed by atoms with Gasteiger partial charge in [-0.15, -0.1) is 0 Å². The Kier molecular flexibility index (Phi) is 5.53. The summed E-state index contributed by atoms with van der Waals surface area (Å²) in [6.07, 6.45) is 10.6. The molecule has 4 nitrogen and oxygen atoms in total. The van der Waals surface area contributed by atoms with Gasteiger partial charge >= 0.3 is 0 Å². The van der Waals surface area contributed by atoms with Crippen LogP contribution in [0.3, 0.4) is 0 Å². The van der Waals surface area contributed by atoms with E-state index >= 15 is 0 Å². The second-order valence-electron chi connectivity index (χ2n) is 8.97. The number of aryl methyl sites for hydroxylation is 2. The highest BCUT2D eigenvalue weighted by molar-refractivity contribution is 7.80. The lowest BCUT2D eigenvalue weighted by Gasteiger charge is -2.32. The average Bonchev–Trinajstić information content (AvgIpc) is 3.38. The molecule has 3 heterocycles. The zero-order chi connectivity index (χ0) is 21.4. The molecule has 1 aromatic carbocycles. The number of benzene rings is 1. The molecule has 5 heteroatoms. The molecule has 0 bridgehead atoms. The first-order valence-electron chi connectivity index (χ1n) is 11.4. The van der Waals surface area contributed by atoms with Crippen LogP contribution in [-0.2, 0) is 0 Å². The smallest absolute Gasteiger partial charge is 0.174 e. The number of anilines is 1. The normalized spacial score (nSPS) is 22.0. The molecular weight excluding hydrogens is 400 g/mol. The van der Waals surface area contributed by atoms with E-state index < -0.39 is 0 Å². The number of thiocarbonyl (C=S) groups is 1. The molecule has 0 radical (unpaired) electrons. The fourth-order valence-electron chi connectivity index (χ4n) is 5.37. The Labute approximate surface area is 190 Å². The molecule has 2 fully saturated rings. The van der Waals surface area contributed by atoms with Gasteiger partial charge in [0.1, 0.15) is 6.04 Å². The van der Waals surface area contributed by atoms with E-state index in [-0.39, 0.29) is 12.1 Å². The van der Waals surface area contributed by atoms with Crippen LogP contribution in [0, 0.1) is 13.8 Å². The molecule has 2 aromatic heterocycles. The predicted octanol–water partition coefficient (Wildman–Crippen LogP) is 6.18. The van der Waals surface area contributed by atoms with Crippen molar-refractivity contribution >= 4 is 23.0 Å². The van der Waals surface area contributed by atoms with Crippen molar-refractivity contribution in [3.05, 3.63) is 83.4 Å². The van der Waals surface area contributed by atoms with Gasteiger partial charge in [0.2, 0.25) is 0 Å². The Bertz CT molecular complexity index is 1050. The highest BCUT2D eigenvalue weighted by Gasteiger charge is 2.42. The monoisotopic (exact) mass is 430 g/mol. The molecule has 1 saturated carbocycles. The highest BCUT2D eigenvalue weighted by atomic mass is 32.1. The minimum atomic E-state index is 0.00626. The third-order valence-electron chi connectivity index (χ3n) is 6.67. The first-order valence-corrected chi connectivity index (χ1v) is 11.8.